The van der Waals surface area contributed by atoms with Crippen LogP contribution in [0, 0.1) is 17.7 Å². The predicted octanol–water partition coefficient (Wildman–Crippen LogP) is 6.19. The van der Waals surface area contributed by atoms with Crippen LogP contribution in [0.1, 0.15) is 76.7 Å². The number of ether oxygens (including phenoxy) is 2. The third-order valence-corrected chi connectivity index (χ3v) is 6.08. The molecule has 2 nitrogen and oxygen atoms in total. The molecule has 0 radical (unpaired) electrons. The zero-order valence-electron chi connectivity index (χ0n) is 15.6. The van der Waals surface area contributed by atoms with Gasteiger partial charge < -0.3 is 9.47 Å². The minimum Gasteiger partial charge on any atom is -0.346 e. The van der Waals surface area contributed by atoms with Crippen LogP contribution in [0.5, 0.6) is 0 Å². The van der Waals surface area contributed by atoms with Gasteiger partial charge in [-0.1, -0.05) is 64.0 Å². The molecule has 1 aliphatic heterocycles. The first-order chi connectivity index (χ1) is 12.2. The number of hydrogen-bond acceptors (Lipinski definition) is 2. The van der Waals surface area contributed by atoms with E-state index in [1.165, 1.54) is 57.1 Å². The third-order valence-electron chi connectivity index (χ3n) is 6.08. The summed E-state index contributed by atoms with van der Waals surface area (Å²) in [4.78, 5) is 0. The van der Waals surface area contributed by atoms with Gasteiger partial charge in [-0.25, -0.2) is 4.39 Å². The van der Waals surface area contributed by atoms with E-state index in [-0.39, 0.29) is 5.82 Å². The van der Waals surface area contributed by atoms with Crippen LogP contribution in [0.25, 0.3) is 0 Å². The average Bonchev–Trinajstić information content (AvgIpc) is 2.66. The fraction of sp³-hybridized carbons (Fsp3) is 0.727. The van der Waals surface area contributed by atoms with Crippen molar-refractivity contribution >= 4 is 0 Å². The molecule has 2 fully saturated rings. The summed E-state index contributed by atoms with van der Waals surface area (Å²) < 4.78 is 25.7. The Hall–Kier alpha value is -0.930. The Morgan fingerprint density at radius 3 is 2.24 bits per heavy atom. The SMILES string of the molecule is CCCCC1CCCCC1CCC1(c2ccc(F)cc2)OCCCO1. The summed E-state index contributed by atoms with van der Waals surface area (Å²) in [6.45, 7) is 3.73. The highest BCUT2D eigenvalue weighted by Gasteiger charge is 2.38. The van der Waals surface area contributed by atoms with Crippen molar-refractivity contribution in [1.29, 1.82) is 0 Å². The average molecular weight is 349 g/mol. The molecule has 3 heteroatoms. The number of unbranched alkanes of at least 4 members (excludes halogenated alkanes) is 1. The lowest BCUT2D eigenvalue weighted by Gasteiger charge is -2.40. The number of benzene rings is 1. The Balaban J connectivity index is 1.68. The van der Waals surface area contributed by atoms with Crippen LogP contribution in [0.3, 0.4) is 0 Å². The summed E-state index contributed by atoms with van der Waals surface area (Å²) in [7, 11) is 0. The highest BCUT2D eigenvalue weighted by atomic mass is 19.1. The van der Waals surface area contributed by atoms with Gasteiger partial charge in [-0.15, -0.1) is 0 Å². The molecular weight excluding hydrogens is 315 g/mol. The largest absolute Gasteiger partial charge is 0.346 e. The van der Waals surface area contributed by atoms with Crippen LogP contribution in [0.4, 0.5) is 4.39 Å². The van der Waals surface area contributed by atoms with E-state index in [1.54, 1.807) is 0 Å². The molecular formula is C22H33FO2. The van der Waals surface area contributed by atoms with Crippen molar-refractivity contribution in [3.63, 3.8) is 0 Å². The fourth-order valence-corrected chi connectivity index (χ4v) is 4.62. The molecule has 2 aliphatic rings. The van der Waals surface area contributed by atoms with Crippen LogP contribution >= 0.6 is 0 Å². The first-order valence-corrected chi connectivity index (χ1v) is 10.3. The number of halogens is 1. The van der Waals surface area contributed by atoms with Gasteiger partial charge in [-0.2, -0.15) is 0 Å². The lowest BCUT2D eigenvalue weighted by Crippen LogP contribution is -2.39. The minimum absolute atomic E-state index is 0.207. The zero-order valence-corrected chi connectivity index (χ0v) is 15.6. The smallest absolute Gasteiger partial charge is 0.194 e. The summed E-state index contributed by atoms with van der Waals surface area (Å²) in [6.07, 6.45) is 12.4. The van der Waals surface area contributed by atoms with Gasteiger partial charge in [0.25, 0.3) is 0 Å². The van der Waals surface area contributed by atoms with Gasteiger partial charge in [-0.05, 0) is 36.8 Å². The summed E-state index contributed by atoms with van der Waals surface area (Å²) in [6, 6.07) is 6.69. The van der Waals surface area contributed by atoms with Gasteiger partial charge in [-0.3, -0.25) is 0 Å². The Labute approximate surface area is 152 Å². The molecule has 25 heavy (non-hydrogen) atoms. The van der Waals surface area contributed by atoms with Crippen molar-refractivity contribution in [2.75, 3.05) is 13.2 Å². The molecule has 1 saturated heterocycles. The van der Waals surface area contributed by atoms with E-state index in [0.717, 1.165) is 49.9 Å². The molecule has 0 N–H and O–H groups in total. The molecule has 1 aliphatic carbocycles. The van der Waals surface area contributed by atoms with Crippen molar-refractivity contribution in [3.05, 3.63) is 35.6 Å². The van der Waals surface area contributed by atoms with Crippen LogP contribution in [0.15, 0.2) is 24.3 Å². The second-order valence-corrected chi connectivity index (χ2v) is 7.80. The Kier molecular flexibility index (Phi) is 6.89. The molecule has 1 aromatic rings. The Morgan fingerprint density at radius 1 is 0.960 bits per heavy atom. The van der Waals surface area contributed by atoms with Gasteiger partial charge in [0.15, 0.2) is 5.79 Å². The van der Waals surface area contributed by atoms with Crippen molar-refractivity contribution in [3.8, 4) is 0 Å². The van der Waals surface area contributed by atoms with Gasteiger partial charge in [0, 0.05) is 12.0 Å². The van der Waals surface area contributed by atoms with Crippen molar-refractivity contribution in [1.82, 2.24) is 0 Å². The molecule has 1 aromatic carbocycles. The highest BCUT2D eigenvalue weighted by Crippen LogP contribution is 2.41. The zero-order chi connectivity index (χ0) is 17.5. The van der Waals surface area contributed by atoms with Crippen molar-refractivity contribution in [2.24, 2.45) is 11.8 Å². The molecule has 0 bridgehead atoms. The molecule has 1 heterocycles. The topological polar surface area (TPSA) is 18.5 Å². The molecule has 1 saturated carbocycles. The lowest BCUT2D eigenvalue weighted by molar-refractivity contribution is -0.281. The lowest BCUT2D eigenvalue weighted by atomic mass is 9.74. The molecule has 140 valence electrons. The van der Waals surface area contributed by atoms with Gasteiger partial charge in [0.1, 0.15) is 5.82 Å². The Morgan fingerprint density at radius 2 is 1.60 bits per heavy atom. The predicted molar refractivity (Wildman–Crippen MR) is 98.8 cm³/mol. The summed E-state index contributed by atoms with van der Waals surface area (Å²) in [5.41, 5.74) is 0.967. The first kappa shape index (κ1) is 18.8. The van der Waals surface area contributed by atoms with Crippen molar-refractivity contribution < 1.29 is 13.9 Å². The maximum Gasteiger partial charge on any atom is 0.194 e. The van der Waals surface area contributed by atoms with E-state index in [1.807, 2.05) is 12.1 Å². The monoisotopic (exact) mass is 348 g/mol. The van der Waals surface area contributed by atoms with E-state index in [4.69, 9.17) is 9.47 Å². The van der Waals surface area contributed by atoms with Crippen LogP contribution in [0.2, 0.25) is 0 Å². The maximum atomic E-state index is 13.3. The number of rotatable bonds is 7. The highest BCUT2D eigenvalue weighted by molar-refractivity contribution is 5.21. The molecule has 0 amide bonds. The van der Waals surface area contributed by atoms with Gasteiger partial charge >= 0.3 is 0 Å². The number of hydrogen-bond donors (Lipinski definition) is 0. The second-order valence-electron chi connectivity index (χ2n) is 7.80. The molecule has 0 aromatic heterocycles. The van der Waals surface area contributed by atoms with Gasteiger partial charge in [0.05, 0.1) is 13.2 Å². The maximum absolute atomic E-state index is 13.3. The molecule has 0 spiro atoms. The molecule has 3 rings (SSSR count). The normalized spacial score (nSPS) is 26.5. The third kappa shape index (κ3) is 4.83. The van der Waals surface area contributed by atoms with E-state index < -0.39 is 5.79 Å². The van der Waals surface area contributed by atoms with E-state index in [0.29, 0.717) is 0 Å². The van der Waals surface area contributed by atoms with E-state index >= 15 is 0 Å². The summed E-state index contributed by atoms with van der Waals surface area (Å²) >= 11 is 0. The van der Waals surface area contributed by atoms with Crippen LogP contribution in [-0.2, 0) is 15.3 Å². The van der Waals surface area contributed by atoms with Gasteiger partial charge in [0.2, 0.25) is 0 Å². The quantitative estimate of drug-likeness (QED) is 0.585. The molecule has 2 atom stereocenters. The first-order valence-electron chi connectivity index (χ1n) is 10.3. The minimum atomic E-state index is -0.668. The van der Waals surface area contributed by atoms with Crippen LogP contribution < -0.4 is 0 Å². The Bertz CT molecular complexity index is 507. The van der Waals surface area contributed by atoms with E-state index in [2.05, 4.69) is 6.92 Å². The fourth-order valence-electron chi connectivity index (χ4n) is 4.62. The summed E-state index contributed by atoms with van der Waals surface area (Å²) in [5, 5.41) is 0. The molecule has 2 unspecified atom stereocenters. The van der Waals surface area contributed by atoms with Crippen molar-refractivity contribution in [2.45, 2.75) is 76.9 Å². The standard InChI is InChI=1S/C22H33FO2/c1-2-3-7-18-8-4-5-9-19(18)14-15-22(24-16-6-17-25-22)20-10-12-21(23)13-11-20/h10-13,18-19H,2-9,14-17H2,1H3. The van der Waals surface area contributed by atoms with Crippen LogP contribution in [-0.4, -0.2) is 13.2 Å². The summed E-state index contributed by atoms with van der Waals surface area (Å²) in [5.74, 6) is 0.773. The second kappa shape index (κ2) is 9.14. The van der Waals surface area contributed by atoms with E-state index in [9.17, 15) is 4.39 Å².